The van der Waals surface area contributed by atoms with Crippen molar-refractivity contribution in [3.8, 4) is 0 Å². The maximum Gasteiger partial charge on any atom is 0.344 e. The van der Waals surface area contributed by atoms with E-state index >= 15 is 0 Å². The molecule has 82 valence electrons. The first kappa shape index (κ1) is 12.9. The number of allylic oxidation sites excluding steroid dienone is 1. The van der Waals surface area contributed by atoms with E-state index in [1.165, 1.54) is 12.8 Å². The molecule has 0 aromatic carbocycles. The average Bonchev–Trinajstić information content (AvgIpc) is 2.07. The van der Waals surface area contributed by atoms with Gasteiger partial charge in [-0.25, -0.2) is 0 Å². The zero-order valence-corrected chi connectivity index (χ0v) is 11.7. The fourth-order valence-electron chi connectivity index (χ4n) is 2.32. The van der Waals surface area contributed by atoms with Gasteiger partial charge in [0.15, 0.2) is 0 Å². The monoisotopic (exact) mass is 270 g/mol. The molecule has 0 bridgehead atoms. The molecule has 0 heterocycles. The van der Waals surface area contributed by atoms with E-state index in [0.717, 1.165) is 12.8 Å². The summed E-state index contributed by atoms with van der Waals surface area (Å²) < 4.78 is 0. The minimum atomic E-state index is -2.51. The van der Waals surface area contributed by atoms with Gasteiger partial charge in [0.1, 0.15) is 0 Å². The molecular weight excluding hydrogens is 255 g/mol. The van der Waals surface area contributed by atoms with E-state index in [9.17, 15) is 0 Å². The summed E-state index contributed by atoms with van der Waals surface area (Å²) in [7, 11) is 0. The number of hydrogen-bond acceptors (Lipinski definition) is 0. The quantitative estimate of drug-likeness (QED) is 0.384. The second-order valence-corrected chi connectivity index (χ2v) is 13.3. The molecule has 0 aromatic heterocycles. The predicted octanol–water partition coefficient (Wildman–Crippen LogP) is 5.02. The van der Waals surface area contributed by atoms with Crippen molar-refractivity contribution in [1.82, 2.24) is 0 Å². The van der Waals surface area contributed by atoms with Crippen LogP contribution in [0.25, 0.3) is 0 Å². The standard InChI is InChI=1S/C10H17Cl3Si/c1-3-4-9-6-5-8(2)10(7-9)14(11,12)13/h3,8-10H,1,4-7H2,2H3. The molecule has 0 spiro atoms. The van der Waals surface area contributed by atoms with E-state index in [0.29, 0.717) is 17.4 Å². The normalized spacial score (nSPS) is 34.1. The summed E-state index contributed by atoms with van der Waals surface area (Å²) in [5, 5.41) is 0. The topological polar surface area (TPSA) is 0 Å². The maximum absolute atomic E-state index is 6.12. The minimum absolute atomic E-state index is 0.339. The lowest BCUT2D eigenvalue weighted by atomic mass is 9.81. The van der Waals surface area contributed by atoms with Gasteiger partial charge in [-0.05, 0) is 36.6 Å². The molecule has 1 aliphatic rings. The molecule has 1 fully saturated rings. The van der Waals surface area contributed by atoms with Gasteiger partial charge in [0.2, 0.25) is 0 Å². The van der Waals surface area contributed by atoms with Crippen LogP contribution in [0, 0.1) is 11.8 Å². The lowest BCUT2D eigenvalue weighted by molar-refractivity contribution is 0.290. The molecule has 0 aromatic rings. The van der Waals surface area contributed by atoms with Gasteiger partial charge in [-0.2, -0.15) is 0 Å². The summed E-state index contributed by atoms with van der Waals surface area (Å²) in [4.78, 5) is 0. The third-order valence-corrected chi connectivity index (χ3v) is 7.39. The summed E-state index contributed by atoms with van der Waals surface area (Å²) >= 11 is 18.3. The van der Waals surface area contributed by atoms with E-state index < -0.39 is 6.00 Å². The van der Waals surface area contributed by atoms with Crippen molar-refractivity contribution in [2.24, 2.45) is 11.8 Å². The molecule has 1 rings (SSSR count). The van der Waals surface area contributed by atoms with Crippen LogP contribution in [0.15, 0.2) is 12.7 Å². The van der Waals surface area contributed by atoms with Crippen molar-refractivity contribution in [1.29, 1.82) is 0 Å². The Bertz CT molecular complexity index is 200. The summed E-state index contributed by atoms with van der Waals surface area (Å²) in [5.41, 5.74) is 0.339. The maximum atomic E-state index is 6.12. The van der Waals surface area contributed by atoms with Crippen molar-refractivity contribution < 1.29 is 0 Å². The van der Waals surface area contributed by atoms with Crippen LogP contribution in [0.2, 0.25) is 5.54 Å². The molecule has 3 atom stereocenters. The highest BCUT2D eigenvalue weighted by Gasteiger charge is 2.43. The molecule has 0 amide bonds. The van der Waals surface area contributed by atoms with Crippen LogP contribution >= 0.6 is 33.2 Å². The van der Waals surface area contributed by atoms with Crippen LogP contribution in [0.4, 0.5) is 0 Å². The molecule has 14 heavy (non-hydrogen) atoms. The second kappa shape index (κ2) is 5.24. The van der Waals surface area contributed by atoms with Gasteiger partial charge in [-0.15, -0.1) is 39.8 Å². The van der Waals surface area contributed by atoms with Crippen LogP contribution in [-0.4, -0.2) is 6.00 Å². The SMILES string of the molecule is C=CCC1CCC(C)C([Si](Cl)(Cl)Cl)C1. The Labute approximate surface area is 102 Å². The highest BCUT2D eigenvalue weighted by Crippen LogP contribution is 2.49. The fraction of sp³-hybridized carbons (Fsp3) is 0.800. The van der Waals surface area contributed by atoms with Gasteiger partial charge >= 0.3 is 6.00 Å². The summed E-state index contributed by atoms with van der Waals surface area (Å²) in [5.74, 6) is 1.27. The lowest BCUT2D eigenvalue weighted by Crippen LogP contribution is -2.31. The highest BCUT2D eigenvalue weighted by atomic mass is 35.8. The van der Waals surface area contributed by atoms with Gasteiger partial charge in [0.05, 0.1) is 0 Å². The lowest BCUT2D eigenvalue weighted by Gasteiger charge is -2.36. The Morgan fingerprint density at radius 1 is 1.36 bits per heavy atom. The summed E-state index contributed by atoms with van der Waals surface area (Å²) in [6.07, 6.45) is 6.59. The molecule has 0 saturated heterocycles. The Kier molecular flexibility index (Phi) is 4.83. The van der Waals surface area contributed by atoms with Crippen LogP contribution in [0.3, 0.4) is 0 Å². The molecule has 0 N–H and O–H groups in total. The molecular formula is C10H17Cl3Si. The van der Waals surface area contributed by atoms with Crippen molar-refractivity contribution in [3.05, 3.63) is 12.7 Å². The van der Waals surface area contributed by atoms with E-state index in [-0.39, 0.29) is 0 Å². The number of rotatable bonds is 3. The zero-order chi connectivity index (χ0) is 10.8. The van der Waals surface area contributed by atoms with Crippen LogP contribution in [0.5, 0.6) is 0 Å². The van der Waals surface area contributed by atoms with Gasteiger partial charge in [0.25, 0.3) is 0 Å². The molecule has 3 unspecified atom stereocenters. The summed E-state index contributed by atoms with van der Waals surface area (Å²) in [6, 6.07) is -2.51. The smallest absolute Gasteiger partial charge is 0.126 e. The predicted molar refractivity (Wildman–Crippen MR) is 68.4 cm³/mol. The molecule has 0 nitrogen and oxygen atoms in total. The minimum Gasteiger partial charge on any atom is -0.126 e. The first-order valence-electron chi connectivity index (χ1n) is 5.12. The van der Waals surface area contributed by atoms with Crippen LogP contribution < -0.4 is 0 Å². The first-order chi connectivity index (χ1) is 6.45. The largest absolute Gasteiger partial charge is 0.344 e. The van der Waals surface area contributed by atoms with Gasteiger partial charge in [0, 0.05) is 0 Å². The molecule has 0 aliphatic heterocycles. The van der Waals surface area contributed by atoms with Crippen molar-refractivity contribution in [2.45, 2.75) is 38.1 Å². The second-order valence-electron chi connectivity index (χ2n) is 4.33. The van der Waals surface area contributed by atoms with E-state index in [1.54, 1.807) is 0 Å². The third-order valence-electron chi connectivity index (χ3n) is 3.22. The number of halogens is 3. The number of hydrogen-bond donors (Lipinski definition) is 0. The third kappa shape index (κ3) is 3.44. The highest BCUT2D eigenvalue weighted by molar-refractivity contribution is 7.65. The first-order valence-corrected chi connectivity index (χ1v) is 10.2. The fourth-order valence-corrected chi connectivity index (χ4v) is 6.47. The Morgan fingerprint density at radius 3 is 2.50 bits per heavy atom. The molecule has 4 heteroatoms. The van der Waals surface area contributed by atoms with Crippen molar-refractivity contribution >= 4 is 39.2 Å². The van der Waals surface area contributed by atoms with Crippen molar-refractivity contribution in [2.75, 3.05) is 0 Å². The molecule has 1 saturated carbocycles. The van der Waals surface area contributed by atoms with Crippen molar-refractivity contribution in [3.63, 3.8) is 0 Å². The molecule has 1 aliphatic carbocycles. The Balaban J connectivity index is 2.59. The Hall–Kier alpha value is 0.827. The van der Waals surface area contributed by atoms with Gasteiger partial charge < -0.3 is 0 Å². The average molecular weight is 272 g/mol. The summed E-state index contributed by atoms with van der Waals surface area (Å²) in [6.45, 7) is 5.99. The zero-order valence-electron chi connectivity index (χ0n) is 8.48. The van der Waals surface area contributed by atoms with E-state index in [2.05, 4.69) is 13.5 Å². The Morgan fingerprint density at radius 2 is 2.00 bits per heavy atom. The van der Waals surface area contributed by atoms with Crippen LogP contribution in [0.1, 0.15) is 32.6 Å². The van der Waals surface area contributed by atoms with Gasteiger partial charge in [-0.3, -0.25) is 0 Å². The molecule has 0 radical (unpaired) electrons. The van der Waals surface area contributed by atoms with E-state index in [1.807, 2.05) is 6.08 Å². The van der Waals surface area contributed by atoms with E-state index in [4.69, 9.17) is 33.2 Å². The van der Waals surface area contributed by atoms with Gasteiger partial charge in [-0.1, -0.05) is 19.4 Å². The van der Waals surface area contributed by atoms with Crippen LogP contribution in [-0.2, 0) is 0 Å².